The van der Waals surface area contributed by atoms with Crippen molar-refractivity contribution in [3.05, 3.63) is 18.0 Å². The predicted octanol–water partition coefficient (Wildman–Crippen LogP) is -0.184. The lowest BCUT2D eigenvalue weighted by molar-refractivity contribution is -0.120. The van der Waals surface area contributed by atoms with E-state index in [0.29, 0.717) is 17.6 Å². The molecule has 0 radical (unpaired) electrons. The molecule has 7 heteroatoms. The Kier molecular flexibility index (Phi) is 4.19. The highest BCUT2D eigenvalue weighted by molar-refractivity contribution is 5.96. The zero-order valence-corrected chi connectivity index (χ0v) is 12.0. The molecule has 21 heavy (non-hydrogen) atoms. The van der Waals surface area contributed by atoms with Crippen LogP contribution in [-0.2, 0) is 4.79 Å². The first-order valence-electron chi connectivity index (χ1n) is 7.55. The number of amides is 2. The summed E-state index contributed by atoms with van der Waals surface area (Å²) in [4.78, 5) is 23.5. The van der Waals surface area contributed by atoms with Gasteiger partial charge in [-0.2, -0.15) is 5.10 Å². The van der Waals surface area contributed by atoms with Gasteiger partial charge in [0.2, 0.25) is 5.91 Å². The van der Waals surface area contributed by atoms with Crippen LogP contribution in [-0.4, -0.2) is 47.3 Å². The van der Waals surface area contributed by atoms with E-state index in [1.165, 1.54) is 0 Å². The van der Waals surface area contributed by atoms with Crippen molar-refractivity contribution in [1.29, 1.82) is 0 Å². The van der Waals surface area contributed by atoms with Crippen LogP contribution in [0.5, 0.6) is 0 Å². The smallest absolute Gasteiger partial charge is 0.254 e. The normalized spacial score (nSPS) is 21.8. The Balaban J connectivity index is 1.49. The summed E-state index contributed by atoms with van der Waals surface area (Å²) in [5.74, 6) is -0.384. The first-order chi connectivity index (χ1) is 10.2. The molecule has 1 saturated carbocycles. The second kappa shape index (κ2) is 6.26. The second-order valence-electron chi connectivity index (χ2n) is 5.73. The summed E-state index contributed by atoms with van der Waals surface area (Å²) in [7, 11) is 0. The fourth-order valence-electron chi connectivity index (χ4n) is 2.48. The highest BCUT2D eigenvalue weighted by Crippen LogP contribution is 2.18. The highest BCUT2D eigenvalue weighted by atomic mass is 16.2. The maximum absolute atomic E-state index is 12.0. The molecule has 0 spiro atoms. The van der Waals surface area contributed by atoms with Gasteiger partial charge in [0.1, 0.15) is 0 Å². The number of hydrogen-bond acceptors (Lipinski definition) is 4. The van der Waals surface area contributed by atoms with E-state index in [1.54, 1.807) is 12.4 Å². The van der Waals surface area contributed by atoms with Crippen LogP contribution in [0.1, 0.15) is 42.1 Å². The van der Waals surface area contributed by atoms with Gasteiger partial charge in [-0.3, -0.25) is 14.3 Å². The van der Waals surface area contributed by atoms with Gasteiger partial charge in [-0.05, 0) is 32.2 Å². The molecule has 1 aliphatic heterocycles. The number of nitrogens with one attached hydrogen (secondary N) is 3. The van der Waals surface area contributed by atoms with Gasteiger partial charge >= 0.3 is 0 Å². The molecule has 3 N–H and O–H groups in total. The van der Waals surface area contributed by atoms with Crippen LogP contribution in [0.3, 0.4) is 0 Å². The van der Waals surface area contributed by atoms with Crippen LogP contribution in [0.25, 0.3) is 0 Å². The van der Waals surface area contributed by atoms with E-state index in [2.05, 4.69) is 21.0 Å². The lowest BCUT2D eigenvalue weighted by Gasteiger charge is -2.22. The molecule has 1 unspecified atom stereocenters. The summed E-state index contributed by atoms with van der Waals surface area (Å²) in [5.41, 5.74) is 0.500. The van der Waals surface area contributed by atoms with Crippen molar-refractivity contribution < 1.29 is 9.59 Å². The van der Waals surface area contributed by atoms with Crippen molar-refractivity contribution in [3.8, 4) is 0 Å². The third-order valence-corrected chi connectivity index (χ3v) is 3.86. The van der Waals surface area contributed by atoms with Crippen LogP contribution < -0.4 is 16.0 Å². The standard InChI is InChI=1S/C14H21N5O2/c20-13(18-11-3-4-11)8-16-14(21)10-6-17-19(9-10)12-2-1-5-15-7-12/h6,9,11-12,15H,1-5,7-8H2,(H,16,21)(H,18,20). The summed E-state index contributed by atoms with van der Waals surface area (Å²) in [6, 6.07) is 0.620. The molecule has 1 aromatic heterocycles. The van der Waals surface area contributed by atoms with Crippen LogP contribution >= 0.6 is 0 Å². The number of piperidine rings is 1. The first-order valence-corrected chi connectivity index (χ1v) is 7.55. The van der Waals surface area contributed by atoms with E-state index >= 15 is 0 Å². The van der Waals surface area contributed by atoms with Crippen LogP contribution in [0.15, 0.2) is 12.4 Å². The van der Waals surface area contributed by atoms with E-state index in [-0.39, 0.29) is 18.4 Å². The van der Waals surface area contributed by atoms with Crippen molar-refractivity contribution in [2.75, 3.05) is 19.6 Å². The Morgan fingerprint density at radius 1 is 1.38 bits per heavy atom. The molecule has 1 atom stereocenters. The molecule has 1 aromatic rings. The number of rotatable bonds is 5. The van der Waals surface area contributed by atoms with E-state index in [1.807, 2.05) is 4.68 Å². The molecule has 2 heterocycles. The molecule has 1 saturated heterocycles. The molecule has 7 nitrogen and oxygen atoms in total. The molecule has 114 valence electrons. The quantitative estimate of drug-likeness (QED) is 0.702. The minimum atomic E-state index is -0.254. The third kappa shape index (κ3) is 3.81. The number of aromatic nitrogens is 2. The fraction of sp³-hybridized carbons (Fsp3) is 0.643. The van der Waals surface area contributed by atoms with Gasteiger partial charge in [-0.1, -0.05) is 0 Å². The first kappa shape index (κ1) is 14.1. The number of nitrogens with zero attached hydrogens (tertiary/aromatic N) is 2. The van der Waals surface area contributed by atoms with Crippen molar-refractivity contribution in [2.24, 2.45) is 0 Å². The van der Waals surface area contributed by atoms with Crippen molar-refractivity contribution in [1.82, 2.24) is 25.7 Å². The minimum absolute atomic E-state index is 0.0193. The average Bonchev–Trinajstić information content (AvgIpc) is 3.18. The molecule has 1 aliphatic carbocycles. The predicted molar refractivity (Wildman–Crippen MR) is 76.9 cm³/mol. The Morgan fingerprint density at radius 2 is 2.24 bits per heavy atom. The van der Waals surface area contributed by atoms with Crippen molar-refractivity contribution in [3.63, 3.8) is 0 Å². The van der Waals surface area contributed by atoms with Gasteiger partial charge in [0.25, 0.3) is 5.91 Å². The summed E-state index contributed by atoms with van der Waals surface area (Å²) in [5, 5.41) is 13.0. The lowest BCUT2D eigenvalue weighted by Crippen LogP contribution is -2.37. The highest BCUT2D eigenvalue weighted by Gasteiger charge is 2.23. The molecule has 2 amide bonds. The Morgan fingerprint density at radius 3 is 2.95 bits per heavy atom. The Labute approximate surface area is 123 Å². The van der Waals surface area contributed by atoms with Crippen LogP contribution in [0.4, 0.5) is 0 Å². The molecule has 3 rings (SSSR count). The minimum Gasteiger partial charge on any atom is -0.352 e. The molecule has 0 bridgehead atoms. The van der Waals surface area contributed by atoms with Crippen molar-refractivity contribution >= 4 is 11.8 Å². The lowest BCUT2D eigenvalue weighted by atomic mass is 10.1. The zero-order valence-electron chi connectivity index (χ0n) is 12.0. The fourth-order valence-corrected chi connectivity index (χ4v) is 2.48. The molecule has 0 aromatic carbocycles. The number of carbonyl (C=O) groups excluding carboxylic acids is 2. The van der Waals surface area contributed by atoms with Gasteiger partial charge in [-0.25, -0.2) is 0 Å². The largest absolute Gasteiger partial charge is 0.352 e. The van der Waals surface area contributed by atoms with E-state index in [0.717, 1.165) is 38.8 Å². The topological polar surface area (TPSA) is 88.0 Å². The van der Waals surface area contributed by atoms with E-state index in [9.17, 15) is 9.59 Å². The van der Waals surface area contributed by atoms with Gasteiger partial charge in [0.15, 0.2) is 0 Å². The monoisotopic (exact) mass is 291 g/mol. The zero-order chi connectivity index (χ0) is 14.7. The number of hydrogen-bond donors (Lipinski definition) is 3. The second-order valence-corrected chi connectivity index (χ2v) is 5.73. The van der Waals surface area contributed by atoms with E-state index in [4.69, 9.17) is 0 Å². The van der Waals surface area contributed by atoms with Gasteiger partial charge in [0, 0.05) is 18.8 Å². The molecule has 2 fully saturated rings. The summed E-state index contributed by atoms with van der Waals surface area (Å²) in [6.07, 6.45) is 7.59. The maximum atomic E-state index is 12.0. The van der Waals surface area contributed by atoms with Crippen LogP contribution in [0, 0.1) is 0 Å². The number of carbonyl (C=O) groups is 2. The summed E-state index contributed by atoms with van der Waals surface area (Å²) < 4.78 is 1.84. The van der Waals surface area contributed by atoms with E-state index < -0.39 is 0 Å². The van der Waals surface area contributed by atoms with Gasteiger partial charge < -0.3 is 16.0 Å². The van der Waals surface area contributed by atoms with Crippen LogP contribution in [0.2, 0.25) is 0 Å². The SMILES string of the molecule is O=C(CNC(=O)c1cnn(C2CCCNC2)c1)NC1CC1. The summed E-state index contributed by atoms with van der Waals surface area (Å²) >= 11 is 0. The third-order valence-electron chi connectivity index (χ3n) is 3.86. The average molecular weight is 291 g/mol. The Hall–Kier alpha value is -1.89. The Bertz CT molecular complexity index is 517. The van der Waals surface area contributed by atoms with Crippen molar-refractivity contribution in [2.45, 2.75) is 37.8 Å². The molecular formula is C14H21N5O2. The molecule has 2 aliphatic rings. The maximum Gasteiger partial charge on any atom is 0.254 e. The van der Waals surface area contributed by atoms with Gasteiger partial charge in [0.05, 0.1) is 24.3 Å². The summed E-state index contributed by atoms with van der Waals surface area (Å²) in [6.45, 7) is 1.94. The van der Waals surface area contributed by atoms with Gasteiger partial charge in [-0.15, -0.1) is 0 Å². The molecular weight excluding hydrogens is 270 g/mol.